The average Bonchev–Trinajstić information content (AvgIpc) is 2.88. The maximum absolute atomic E-state index is 10.7. The predicted octanol–water partition coefficient (Wildman–Crippen LogP) is 3.16. The summed E-state index contributed by atoms with van der Waals surface area (Å²) < 4.78 is 0. The summed E-state index contributed by atoms with van der Waals surface area (Å²) in [5.41, 5.74) is 2.75. The fourth-order valence-electron chi connectivity index (χ4n) is 1.81. The van der Waals surface area contributed by atoms with Gasteiger partial charge in [-0.15, -0.1) is 0 Å². The van der Waals surface area contributed by atoms with Gasteiger partial charge in [-0.25, -0.2) is 4.98 Å². The van der Waals surface area contributed by atoms with Crippen molar-refractivity contribution in [3.05, 3.63) is 58.4 Å². The first-order chi connectivity index (χ1) is 9.72. The highest BCUT2D eigenvalue weighted by molar-refractivity contribution is 7.98. The Labute approximate surface area is 118 Å². The van der Waals surface area contributed by atoms with E-state index < -0.39 is 0 Å². The molecule has 0 saturated carbocycles. The molecule has 2 heterocycles. The molecule has 0 atom stereocenters. The number of nitrogens with zero attached hydrogens (tertiary/aromatic N) is 3. The zero-order chi connectivity index (χ0) is 13.9. The highest BCUT2D eigenvalue weighted by Gasteiger charge is 2.07. The summed E-state index contributed by atoms with van der Waals surface area (Å²) in [6.45, 7) is 0. The summed E-state index contributed by atoms with van der Waals surface area (Å²) in [5.74, 6) is 0.620. The van der Waals surface area contributed by atoms with E-state index in [1.165, 1.54) is 17.8 Å². The minimum absolute atomic E-state index is 0.108. The fourth-order valence-corrected chi connectivity index (χ4v) is 2.64. The van der Waals surface area contributed by atoms with Crippen LogP contribution in [0.4, 0.5) is 5.69 Å². The Morgan fingerprint density at radius 2 is 2.25 bits per heavy atom. The van der Waals surface area contributed by atoms with Crippen molar-refractivity contribution >= 4 is 28.5 Å². The molecule has 2 aromatic heterocycles. The summed E-state index contributed by atoms with van der Waals surface area (Å²) in [5, 5.41) is 11.5. The molecular formula is C13H10N4O2S. The van der Waals surface area contributed by atoms with E-state index >= 15 is 0 Å². The fraction of sp³-hybridized carbons (Fsp3) is 0.0769. The normalized spacial score (nSPS) is 10.8. The zero-order valence-corrected chi connectivity index (χ0v) is 11.1. The topological polar surface area (TPSA) is 84.7 Å². The minimum Gasteiger partial charge on any atom is -0.332 e. The number of non-ortho nitro benzene ring substituents is 1. The van der Waals surface area contributed by atoms with Crippen LogP contribution in [-0.2, 0) is 5.75 Å². The van der Waals surface area contributed by atoms with Crippen molar-refractivity contribution in [1.29, 1.82) is 0 Å². The molecule has 0 saturated heterocycles. The Kier molecular flexibility index (Phi) is 3.34. The van der Waals surface area contributed by atoms with E-state index in [9.17, 15) is 10.1 Å². The first-order valence-corrected chi connectivity index (χ1v) is 6.87. The number of H-pyrrole nitrogens is 1. The van der Waals surface area contributed by atoms with Crippen LogP contribution >= 0.6 is 11.8 Å². The molecule has 3 rings (SSSR count). The van der Waals surface area contributed by atoms with Gasteiger partial charge < -0.3 is 4.98 Å². The van der Waals surface area contributed by atoms with Gasteiger partial charge in [0, 0.05) is 24.1 Å². The lowest BCUT2D eigenvalue weighted by Gasteiger charge is -1.99. The van der Waals surface area contributed by atoms with Crippen LogP contribution < -0.4 is 0 Å². The van der Waals surface area contributed by atoms with Crippen molar-refractivity contribution in [3.63, 3.8) is 0 Å². The van der Waals surface area contributed by atoms with Gasteiger partial charge in [-0.2, -0.15) is 0 Å². The molecule has 0 aliphatic heterocycles. The molecular weight excluding hydrogens is 276 g/mol. The minimum atomic E-state index is -0.388. The molecule has 0 amide bonds. The van der Waals surface area contributed by atoms with Gasteiger partial charge in [0.1, 0.15) is 0 Å². The van der Waals surface area contributed by atoms with E-state index in [0.29, 0.717) is 5.75 Å². The maximum atomic E-state index is 10.7. The first-order valence-electron chi connectivity index (χ1n) is 5.88. The summed E-state index contributed by atoms with van der Waals surface area (Å²) in [4.78, 5) is 21.9. The van der Waals surface area contributed by atoms with Crippen molar-refractivity contribution in [2.45, 2.75) is 10.9 Å². The number of imidazole rings is 1. The monoisotopic (exact) mass is 286 g/mol. The maximum Gasteiger partial charge on any atom is 0.269 e. The second-order valence-corrected chi connectivity index (χ2v) is 5.11. The van der Waals surface area contributed by atoms with Crippen LogP contribution in [0.3, 0.4) is 0 Å². The largest absolute Gasteiger partial charge is 0.332 e. The highest BCUT2D eigenvalue weighted by Crippen LogP contribution is 2.24. The third-order valence-corrected chi connectivity index (χ3v) is 3.70. The number of nitrogens with one attached hydrogen (secondary N) is 1. The molecule has 0 aliphatic rings. The Bertz CT molecular complexity index is 739. The molecule has 3 aromatic rings. The van der Waals surface area contributed by atoms with E-state index in [2.05, 4.69) is 15.0 Å². The van der Waals surface area contributed by atoms with Crippen molar-refractivity contribution in [1.82, 2.24) is 15.0 Å². The van der Waals surface area contributed by atoms with Crippen LogP contribution in [0.15, 0.2) is 47.9 Å². The Hall–Kier alpha value is -2.41. The van der Waals surface area contributed by atoms with Crippen molar-refractivity contribution in [3.8, 4) is 0 Å². The van der Waals surface area contributed by atoms with Gasteiger partial charge in [0.15, 0.2) is 5.16 Å². The predicted molar refractivity (Wildman–Crippen MR) is 76.5 cm³/mol. The van der Waals surface area contributed by atoms with Crippen molar-refractivity contribution < 1.29 is 4.92 Å². The summed E-state index contributed by atoms with van der Waals surface area (Å²) in [7, 11) is 0. The Morgan fingerprint density at radius 1 is 1.35 bits per heavy atom. The number of aromatic nitrogens is 3. The Balaban J connectivity index is 1.75. The highest BCUT2D eigenvalue weighted by atomic mass is 32.2. The molecule has 100 valence electrons. The van der Waals surface area contributed by atoms with Gasteiger partial charge in [0.05, 0.1) is 22.2 Å². The Morgan fingerprint density at radius 3 is 3.05 bits per heavy atom. The third-order valence-electron chi connectivity index (χ3n) is 2.76. The van der Waals surface area contributed by atoms with Crippen LogP contribution in [0.5, 0.6) is 0 Å². The lowest BCUT2D eigenvalue weighted by atomic mass is 10.2. The summed E-state index contributed by atoms with van der Waals surface area (Å²) in [6.07, 6.45) is 3.41. The van der Waals surface area contributed by atoms with E-state index in [0.717, 1.165) is 21.8 Å². The first kappa shape index (κ1) is 12.6. The molecule has 1 aromatic carbocycles. The van der Waals surface area contributed by atoms with E-state index in [-0.39, 0.29) is 10.6 Å². The van der Waals surface area contributed by atoms with Crippen LogP contribution in [0.1, 0.15) is 5.56 Å². The molecule has 0 aliphatic carbocycles. The number of benzene rings is 1. The zero-order valence-electron chi connectivity index (χ0n) is 10.3. The van der Waals surface area contributed by atoms with Gasteiger partial charge in [0.2, 0.25) is 0 Å². The van der Waals surface area contributed by atoms with Crippen molar-refractivity contribution in [2.75, 3.05) is 0 Å². The van der Waals surface area contributed by atoms with Gasteiger partial charge in [-0.05, 0) is 11.6 Å². The molecule has 6 nitrogen and oxygen atoms in total. The van der Waals surface area contributed by atoms with Crippen LogP contribution in [0, 0.1) is 10.1 Å². The number of hydrogen-bond acceptors (Lipinski definition) is 5. The molecule has 7 heteroatoms. The molecule has 0 bridgehead atoms. The van der Waals surface area contributed by atoms with Crippen LogP contribution in [0.2, 0.25) is 0 Å². The summed E-state index contributed by atoms with van der Waals surface area (Å²) in [6, 6.07) is 8.46. The van der Waals surface area contributed by atoms with Crippen molar-refractivity contribution in [2.24, 2.45) is 0 Å². The van der Waals surface area contributed by atoms with E-state index in [1.807, 2.05) is 12.1 Å². The van der Waals surface area contributed by atoms with Gasteiger partial charge >= 0.3 is 0 Å². The molecule has 0 fully saturated rings. The number of nitro benzene ring substituents is 1. The second kappa shape index (κ2) is 5.30. The van der Waals surface area contributed by atoms with Gasteiger partial charge in [-0.1, -0.05) is 23.9 Å². The average molecular weight is 286 g/mol. The number of hydrogen-bond donors (Lipinski definition) is 1. The number of pyridine rings is 1. The van der Waals surface area contributed by atoms with Crippen LogP contribution in [-0.4, -0.2) is 19.9 Å². The van der Waals surface area contributed by atoms with Gasteiger partial charge in [0.25, 0.3) is 5.69 Å². The van der Waals surface area contributed by atoms with E-state index in [1.54, 1.807) is 24.5 Å². The smallest absolute Gasteiger partial charge is 0.269 e. The number of thioether (sulfide) groups is 1. The summed E-state index contributed by atoms with van der Waals surface area (Å²) >= 11 is 1.50. The molecule has 20 heavy (non-hydrogen) atoms. The lowest BCUT2D eigenvalue weighted by Crippen LogP contribution is -1.89. The van der Waals surface area contributed by atoms with Gasteiger partial charge in [-0.3, -0.25) is 15.1 Å². The molecule has 0 unspecified atom stereocenters. The number of aromatic amines is 1. The quantitative estimate of drug-likeness (QED) is 0.452. The standard InChI is InChI=1S/C13H10N4O2S/c18-17(19)10-3-1-2-9(6-10)8-20-13-15-11-4-5-14-7-12(11)16-13/h1-7H,8H2,(H,15,16). The SMILES string of the molecule is O=[N+]([O-])c1cccc(CSc2nc3ccncc3[nH]2)c1. The second-order valence-electron chi connectivity index (χ2n) is 4.15. The third kappa shape index (κ3) is 2.62. The van der Waals surface area contributed by atoms with Crippen LogP contribution in [0.25, 0.3) is 11.0 Å². The molecule has 0 radical (unpaired) electrons. The van der Waals surface area contributed by atoms with E-state index in [4.69, 9.17) is 0 Å². The number of nitro groups is 1. The molecule has 1 N–H and O–H groups in total. The lowest BCUT2D eigenvalue weighted by molar-refractivity contribution is -0.384. The molecule has 0 spiro atoms. The number of fused-ring (bicyclic) bond motifs is 1. The number of rotatable bonds is 4.